The van der Waals surface area contributed by atoms with Crippen molar-refractivity contribution in [3.8, 4) is 0 Å². The molecule has 6 amide bonds. The van der Waals surface area contributed by atoms with Crippen LogP contribution in [-0.4, -0.2) is 103 Å². The maximum atomic E-state index is 12.5. The minimum Gasteiger partial charge on any atom is -0.361 e. The van der Waals surface area contributed by atoms with Gasteiger partial charge in [0.2, 0.25) is 0 Å². The van der Waals surface area contributed by atoms with Crippen LogP contribution in [0.25, 0.3) is 0 Å². The van der Waals surface area contributed by atoms with Crippen molar-refractivity contribution in [1.29, 1.82) is 0 Å². The number of aryl methyl sites for hydroxylation is 6. The third-order valence-corrected chi connectivity index (χ3v) is 28.5. The van der Waals surface area contributed by atoms with Crippen molar-refractivity contribution in [2.24, 2.45) is 32.5 Å². The maximum absolute atomic E-state index is 12.5. The van der Waals surface area contributed by atoms with Gasteiger partial charge in [-0.2, -0.15) is 0 Å². The smallest absolute Gasteiger partial charge is 0.273 e. The van der Waals surface area contributed by atoms with Gasteiger partial charge in [-0.1, -0.05) is 300 Å². The summed E-state index contributed by atoms with van der Waals surface area (Å²) in [4.78, 5) is 74.0. The molecule has 726 valence electrons. The first kappa shape index (κ1) is 117. The number of nitrogens with one attached hydrogen (secondary N) is 6. The van der Waals surface area contributed by atoms with Gasteiger partial charge in [0.1, 0.15) is 34.6 Å². The van der Waals surface area contributed by atoms with E-state index in [4.69, 9.17) is 27.1 Å². The summed E-state index contributed by atoms with van der Waals surface area (Å²) in [5.41, 5.74) is 5.73. The van der Waals surface area contributed by atoms with E-state index >= 15 is 0 Å². The quantitative estimate of drug-likeness (QED) is 0.0193. The highest BCUT2D eigenvalue weighted by atomic mass is 16.5. The SMILES string of the molecule is CCCCC(CC)(CC)C(C)NC(=O)c1cc(CC)on1.CCCCC(CC)(CC)C(C)NC(=O)c1noc(CC)c1C.CCCCCC(C)(C)C(C)NC(=O)c1cc(CC)on1.CCCCCC(C)(C)C(C)NC(=O)c1noc(CC)c1C.CCCCCC(C)(CC)C(C)NC(=O)c1cc(CC)on1.CCCCCC(C)(CC)C(C)NC(=O)c1noc(CC)c1C. The molecule has 6 aromatic heterocycles. The lowest BCUT2D eigenvalue weighted by molar-refractivity contribution is 0.0843. The fourth-order valence-electron chi connectivity index (χ4n) is 16.1. The molecule has 6 heterocycles. The molecule has 127 heavy (non-hydrogen) atoms. The van der Waals surface area contributed by atoms with E-state index in [1.165, 1.54) is 103 Å². The Morgan fingerprint density at radius 2 is 0.512 bits per heavy atom. The molecule has 6 N–H and O–H groups in total. The molecule has 8 atom stereocenters. The molecule has 6 aromatic rings. The second kappa shape index (κ2) is 60.1. The summed E-state index contributed by atoms with van der Waals surface area (Å²) in [7, 11) is 0. The zero-order chi connectivity index (χ0) is 96.5. The standard InChI is InChI=1S/2C18H32N2O2.3C17H30N2O2.C16H28N2O2/c1-7-10-11-12-18(6,9-3)14(5)19-17(21)16-13(4)15(8-2)22-20-16;1-7-11-12-18(9-3,10-4)14(6)19-17(21)16-13(5)15(8-2)22-20-16;1-7-9-10-11-17(5,6)13(4)18-16(20)15-12(3)14(8-2)21-19-15;1-6-9-10-11-17(5,8-3)13(4)18-16(20)15-12-14(7-2)21-19-15;1-6-10-11-17(8-3,9-4)13(5)18-16(20)15-12-14(7-2)21-19-15;1-6-8-9-10-16(4,5)12(3)17-15(19)14-11-13(7-2)20-18-14/h2*14H,7-12H2,1-6H3,(H,19,21);13H,7-11H2,1-6H3,(H,18,20);2*12-13H,6-11H2,1-5H3,(H,18,20);11-12H,6-10H2,1-5H3,(H,17,19). The molecule has 0 spiro atoms. The molecule has 0 bridgehead atoms. The van der Waals surface area contributed by atoms with E-state index in [9.17, 15) is 28.8 Å². The van der Waals surface area contributed by atoms with E-state index < -0.39 is 0 Å². The summed E-state index contributed by atoms with van der Waals surface area (Å²) in [5, 5.41) is 41.9. The molecule has 0 aromatic carbocycles. The summed E-state index contributed by atoms with van der Waals surface area (Å²) in [6.07, 6.45) is 37.2. The number of unbranched alkanes of at least 4 members (excludes halogenated alkanes) is 10. The number of hydrogen-bond donors (Lipinski definition) is 6. The number of carbonyl (C=O) groups is 6. The Hall–Kier alpha value is -7.92. The zero-order valence-electron chi connectivity index (χ0n) is 86.3. The molecule has 0 radical (unpaired) electrons. The van der Waals surface area contributed by atoms with Crippen molar-refractivity contribution in [3.05, 3.63) is 104 Å². The van der Waals surface area contributed by atoms with Crippen molar-refractivity contribution in [1.82, 2.24) is 62.8 Å². The van der Waals surface area contributed by atoms with Crippen molar-refractivity contribution in [2.75, 3.05) is 0 Å². The van der Waals surface area contributed by atoms with Crippen LogP contribution in [0.3, 0.4) is 0 Å². The largest absolute Gasteiger partial charge is 0.361 e. The third kappa shape index (κ3) is 37.5. The van der Waals surface area contributed by atoms with E-state index in [2.05, 4.69) is 229 Å². The van der Waals surface area contributed by atoms with Gasteiger partial charge in [-0.05, 0) is 172 Å². The van der Waals surface area contributed by atoms with Gasteiger partial charge in [0.25, 0.3) is 35.4 Å². The minimum atomic E-state index is -0.149. The van der Waals surface area contributed by atoms with Gasteiger partial charge < -0.3 is 59.0 Å². The molecule has 24 nitrogen and oxygen atoms in total. The van der Waals surface area contributed by atoms with E-state index in [0.29, 0.717) is 34.2 Å². The highest BCUT2D eigenvalue weighted by Crippen LogP contribution is 2.40. The van der Waals surface area contributed by atoms with Crippen molar-refractivity contribution in [3.63, 3.8) is 0 Å². The predicted molar refractivity (Wildman–Crippen MR) is 517 cm³/mol. The van der Waals surface area contributed by atoms with Crippen molar-refractivity contribution >= 4 is 35.4 Å². The van der Waals surface area contributed by atoms with Crippen LogP contribution in [0.2, 0.25) is 0 Å². The van der Waals surface area contributed by atoms with Crippen LogP contribution in [0.5, 0.6) is 0 Å². The lowest BCUT2D eigenvalue weighted by Gasteiger charge is -2.38. The lowest BCUT2D eigenvalue weighted by atomic mass is 9.72. The molecule has 0 aliphatic carbocycles. The van der Waals surface area contributed by atoms with Crippen LogP contribution >= 0.6 is 0 Å². The molecule has 0 fully saturated rings. The number of amides is 6. The molecule has 24 heteroatoms. The lowest BCUT2D eigenvalue weighted by Crippen LogP contribution is -2.45. The summed E-state index contributed by atoms with van der Waals surface area (Å²) >= 11 is 0. The molecule has 8 unspecified atom stereocenters. The molecule has 0 saturated heterocycles. The van der Waals surface area contributed by atoms with E-state index in [0.717, 1.165) is 167 Å². The van der Waals surface area contributed by atoms with Gasteiger partial charge in [0.05, 0.1) is 0 Å². The van der Waals surface area contributed by atoms with Gasteiger partial charge >= 0.3 is 0 Å². The predicted octanol–water partition coefficient (Wildman–Crippen LogP) is 26.3. The van der Waals surface area contributed by atoms with Gasteiger partial charge in [-0.15, -0.1) is 0 Å². The zero-order valence-corrected chi connectivity index (χ0v) is 86.3. The fraction of sp³-hybridized carbons (Fsp3) is 0.767. The fourth-order valence-corrected chi connectivity index (χ4v) is 16.1. The Balaban J connectivity index is 0.000000762. The van der Waals surface area contributed by atoms with Crippen LogP contribution in [0.4, 0.5) is 0 Å². The minimum absolute atomic E-state index is 0.0794. The summed E-state index contributed by atoms with van der Waals surface area (Å²) in [5.74, 6) is 3.82. The Morgan fingerprint density at radius 1 is 0.276 bits per heavy atom. The molecule has 0 aliphatic heterocycles. The topological polar surface area (TPSA) is 331 Å². The Morgan fingerprint density at radius 3 is 0.740 bits per heavy atom. The summed E-state index contributed by atoms with van der Waals surface area (Å²) in [6, 6.07) is 5.87. The van der Waals surface area contributed by atoms with Gasteiger partial charge in [0.15, 0.2) is 34.2 Å². The highest BCUT2D eigenvalue weighted by molar-refractivity contribution is 5.96. The van der Waals surface area contributed by atoms with Crippen LogP contribution in [-0.2, 0) is 38.5 Å². The first-order valence-corrected chi connectivity index (χ1v) is 49.6. The number of aromatic nitrogens is 6. The van der Waals surface area contributed by atoms with E-state index in [-0.39, 0.29) is 104 Å². The Kier molecular flexibility index (Phi) is 55.4. The van der Waals surface area contributed by atoms with E-state index in [1.54, 1.807) is 18.2 Å². The second-order valence-electron chi connectivity index (χ2n) is 37.7. The van der Waals surface area contributed by atoms with Crippen molar-refractivity contribution in [2.45, 2.75) is 483 Å². The highest BCUT2D eigenvalue weighted by Gasteiger charge is 2.38. The first-order chi connectivity index (χ1) is 60.1. The first-order valence-electron chi connectivity index (χ1n) is 49.6. The van der Waals surface area contributed by atoms with Gasteiger partial charge in [0, 0.05) is 110 Å². The van der Waals surface area contributed by atoms with Crippen LogP contribution in [0.1, 0.15) is 502 Å². The third-order valence-electron chi connectivity index (χ3n) is 28.5. The molecular weight excluding hydrogens is 1600 g/mol. The molecular formula is C103H182N12O12. The van der Waals surface area contributed by atoms with Crippen LogP contribution < -0.4 is 31.9 Å². The average molecular weight is 1780 g/mol. The second-order valence-corrected chi connectivity index (χ2v) is 37.7. The van der Waals surface area contributed by atoms with Gasteiger partial charge in [-0.25, -0.2) is 0 Å². The normalized spacial score (nSPS) is 14.0. The van der Waals surface area contributed by atoms with Crippen LogP contribution in [0.15, 0.2) is 45.3 Å². The number of hydrogen-bond acceptors (Lipinski definition) is 18. The molecule has 6 rings (SSSR count). The van der Waals surface area contributed by atoms with Crippen molar-refractivity contribution < 1.29 is 55.9 Å². The number of nitrogens with zero attached hydrogens (tertiary/aromatic N) is 6. The Bertz CT molecular complexity index is 4030. The monoisotopic (exact) mass is 1780 g/mol. The summed E-state index contributed by atoms with van der Waals surface area (Å²) < 4.78 is 30.9. The van der Waals surface area contributed by atoms with E-state index in [1.807, 2.05) is 62.3 Å². The number of carbonyl (C=O) groups excluding carboxylic acids is 6. The average Bonchev–Trinajstić information content (AvgIpc) is 1.68. The van der Waals surface area contributed by atoms with Crippen LogP contribution in [0, 0.1) is 53.3 Å². The molecule has 0 saturated carbocycles. The summed E-state index contributed by atoms with van der Waals surface area (Å²) in [6.45, 7) is 70.0. The Labute approximate surface area is 769 Å². The number of rotatable bonds is 52. The maximum Gasteiger partial charge on any atom is 0.273 e. The van der Waals surface area contributed by atoms with Gasteiger partial charge in [-0.3, -0.25) is 28.8 Å². The molecule has 0 aliphatic rings.